The van der Waals surface area contributed by atoms with Gasteiger partial charge in [0.15, 0.2) is 0 Å². The van der Waals surface area contributed by atoms with Gasteiger partial charge in [0.1, 0.15) is 0 Å². The molecule has 0 aliphatic heterocycles. The molecule has 3 heteroatoms. The van der Waals surface area contributed by atoms with E-state index in [4.69, 9.17) is 4.74 Å². The third-order valence-corrected chi connectivity index (χ3v) is 3.56. The molecule has 0 aliphatic rings. The Morgan fingerprint density at radius 2 is 2.12 bits per heavy atom. The highest BCUT2D eigenvalue weighted by Gasteiger charge is 2.26. The zero-order valence-electron chi connectivity index (χ0n) is 11.4. The second-order valence-corrected chi connectivity index (χ2v) is 5.43. The standard InChI is InChI=1S/C14H25NOS/c1-5-8-15-13(12-7-9-17-10-12)14(11(3)4)16-6-2/h7,9-11,13-15H,5-6,8H2,1-4H3. The van der Waals surface area contributed by atoms with Crippen LogP contribution in [0.3, 0.4) is 0 Å². The Morgan fingerprint density at radius 1 is 1.35 bits per heavy atom. The average molecular weight is 255 g/mol. The number of nitrogens with one attached hydrogen (secondary N) is 1. The Morgan fingerprint density at radius 3 is 2.59 bits per heavy atom. The highest BCUT2D eigenvalue weighted by atomic mass is 32.1. The lowest BCUT2D eigenvalue weighted by atomic mass is 9.95. The lowest BCUT2D eigenvalue weighted by molar-refractivity contribution is 0.00294. The summed E-state index contributed by atoms with van der Waals surface area (Å²) in [6.07, 6.45) is 1.40. The summed E-state index contributed by atoms with van der Waals surface area (Å²) in [5.74, 6) is 0.518. The highest BCUT2D eigenvalue weighted by Crippen LogP contribution is 2.26. The van der Waals surface area contributed by atoms with Crippen LogP contribution in [0.15, 0.2) is 16.8 Å². The van der Waals surface area contributed by atoms with E-state index >= 15 is 0 Å². The fourth-order valence-electron chi connectivity index (χ4n) is 2.04. The molecule has 1 N–H and O–H groups in total. The molecule has 0 amide bonds. The van der Waals surface area contributed by atoms with Crippen LogP contribution in [0.1, 0.15) is 45.7 Å². The number of hydrogen-bond acceptors (Lipinski definition) is 3. The fraction of sp³-hybridized carbons (Fsp3) is 0.714. The van der Waals surface area contributed by atoms with Crippen molar-refractivity contribution in [1.29, 1.82) is 0 Å². The highest BCUT2D eigenvalue weighted by molar-refractivity contribution is 7.07. The largest absolute Gasteiger partial charge is 0.376 e. The maximum absolute atomic E-state index is 5.93. The van der Waals surface area contributed by atoms with E-state index in [1.165, 1.54) is 5.56 Å². The minimum atomic E-state index is 0.251. The van der Waals surface area contributed by atoms with Crippen molar-refractivity contribution in [2.45, 2.75) is 46.3 Å². The van der Waals surface area contributed by atoms with Gasteiger partial charge in [0, 0.05) is 6.61 Å². The molecule has 0 radical (unpaired) electrons. The molecule has 0 bridgehead atoms. The second-order valence-electron chi connectivity index (χ2n) is 4.65. The molecule has 0 aliphatic carbocycles. The van der Waals surface area contributed by atoms with Gasteiger partial charge in [-0.3, -0.25) is 0 Å². The van der Waals surface area contributed by atoms with Crippen molar-refractivity contribution in [2.24, 2.45) is 5.92 Å². The molecule has 2 nitrogen and oxygen atoms in total. The summed E-state index contributed by atoms with van der Waals surface area (Å²) in [7, 11) is 0. The first kappa shape index (κ1) is 14.7. The molecule has 0 aromatic carbocycles. The number of hydrogen-bond donors (Lipinski definition) is 1. The fourth-order valence-corrected chi connectivity index (χ4v) is 2.74. The van der Waals surface area contributed by atoms with E-state index in [1.54, 1.807) is 11.3 Å². The van der Waals surface area contributed by atoms with Crippen LogP contribution in [-0.4, -0.2) is 19.3 Å². The molecule has 0 spiro atoms. The molecule has 1 rings (SSSR count). The topological polar surface area (TPSA) is 21.3 Å². The molecular weight excluding hydrogens is 230 g/mol. The summed E-state index contributed by atoms with van der Waals surface area (Å²) >= 11 is 1.75. The first-order valence-electron chi connectivity index (χ1n) is 6.57. The number of rotatable bonds is 8. The molecule has 0 saturated carbocycles. The van der Waals surface area contributed by atoms with E-state index in [-0.39, 0.29) is 6.10 Å². The summed E-state index contributed by atoms with van der Waals surface area (Å²) in [6, 6.07) is 2.52. The normalized spacial score (nSPS) is 15.1. The van der Waals surface area contributed by atoms with Crippen LogP contribution in [0, 0.1) is 5.92 Å². The smallest absolute Gasteiger partial charge is 0.0792 e. The SMILES string of the molecule is CCCNC(c1ccsc1)C(OCC)C(C)C. The molecule has 1 aromatic heterocycles. The van der Waals surface area contributed by atoms with Crippen LogP contribution in [-0.2, 0) is 4.74 Å². The summed E-state index contributed by atoms with van der Waals surface area (Å²) in [5, 5.41) is 7.98. The summed E-state index contributed by atoms with van der Waals surface area (Å²) in [4.78, 5) is 0. The van der Waals surface area contributed by atoms with Crippen molar-refractivity contribution < 1.29 is 4.74 Å². The van der Waals surface area contributed by atoms with Gasteiger partial charge in [-0.25, -0.2) is 0 Å². The van der Waals surface area contributed by atoms with Crippen LogP contribution in [0.2, 0.25) is 0 Å². The van der Waals surface area contributed by atoms with Crippen molar-refractivity contribution in [3.63, 3.8) is 0 Å². The Kier molecular flexibility index (Phi) is 6.78. The van der Waals surface area contributed by atoms with Crippen molar-refractivity contribution in [1.82, 2.24) is 5.32 Å². The van der Waals surface area contributed by atoms with E-state index in [2.05, 4.69) is 49.8 Å². The molecule has 1 heterocycles. The van der Waals surface area contributed by atoms with Gasteiger partial charge in [-0.2, -0.15) is 11.3 Å². The maximum atomic E-state index is 5.93. The molecule has 2 atom stereocenters. The summed E-state index contributed by atoms with van der Waals surface area (Å²) in [5.41, 5.74) is 1.36. The predicted octanol–water partition coefficient (Wildman–Crippen LogP) is 3.85. The first-order valence-corrected chi connectivity index (χ1v) is 7.52. The van der Waals surface area contributed by atoms with Crippen molar-refractivity contribution in [3.05, 3.63) is 22.4 Å². The van der Waals surface area contributed by atoms with Crippen LogP contribution in [0.25, 0.3) is 0 Å². The van der Waals surface area contributed by atoms with E-state index < -0.39 is 0 Å². The quantitative estimate of drug-likeness (QED) is 0.762. The third-order valence-electron chi connectivity index (χ3n) is 2.86. The molecule has 17 heavy (non-hydrogen) atoms. The summed E-state index contributed by atoms with van der Waals surface area (Å²) in [6.45, 7) is 10.5. The zero-order valence-corrected chi connectivity index (χ0v) is 12.2. The van der Waals surface area contributed by atoms with Crippen molar-refractivity contribution in [2.75, 3.05) is 13.2 Å². The molecule has 98 valence electrons. The number of thiophene rings is 1. The van der Waals surface area contributed by atoms with Gasteiger partial charge in [-0.15, -0.1) is 0 Å². The van der Waals surface area contributed by atoms with E-state index in [9.17, 15) is 0 Å². The Labute approximate surface area is 109 Å². The lowest BCUT2D eigenvalue weighted by Crippen LogP contribution is -2.37. The molecule has 0 fully saturated rings. The Bertz CT molecular complexity index is 284. The Balaban J connectivity index is 2.79. The molecular formula is C14H25NOS. The van der Waals surface area contributed by atoms with E-state index in [1.807, 2.05) is 0 Å². The van der Waals surface area contributed by atoms with Gasteiger partial charge in [0.2, 0.25) is 0 Å². The van der Waals surface area contributed by atoms with Gasteiger partial charge < -0.3 is 10.1 Å². The van der Waals surface area contributed by atoms with E-state index in [0.29, 0.717) is 12.0 Å². The second kappa shape index (κ2) is 7.85. The zero-order chi connectivity index (χ0) is 12.7. The van der Waals surface area contributed by atoms with Gasteiger partial charge in [-0.1, -0.05) is 20.8 Å². The van der Waals surface area contributed by atoms with Gasteiger partial charge in [0.25, 0.3) is 0 Å². The van der Waals surface area contributed by atoms with Crippen molar-refractivity contribution in [3.8, 4) is 0 Å². The Hall–Kier alpha value is -0.380. The molecule has 0 saturated heterocycles. The third kappa shape index (κ3) is 4.41. The monoisotopic (exact) mass is 255 g/mol. The molecule has 1 aromatic rings. The predicted molar refractivity (Wildman–Crippen MR) is 75.6 cm³/mol. The minimum Gasteiger partial charge on any atom is -0.376 e. The number of ether oxygens (including phenoxy) is 1. The van der Waals surface area contributed by atoms with Crippen molar-refractivity contribution >= 4 is 11.3 Å². The van der Waals surface area contributed by atoms with Crippen LogP contribution < -0.4 is 5.32 Å². The van der Waals surface area contributed by atoms with Gasteiger partial charge in [0.05, 0.1) is 12.1 Å². The first-order chi connectivity index (χ1) is 8.20. The molecule has 2 unspecified atom stereocenters. The van der Waals surface area contributed by atoms with Gasteiger partial charge >= 0.3 is 0 Å². The maximum Gasteiger partial charge on any atom is 0.0792 e. The van der Waals surface area contributed by atoms with Crippen LogP contribution >= 0.6 is 11.3 Å². The van der Waals surface area contributed by atoms with E-state index in [0.717, 1.165) is 19.6 Å². The average Bonchev–Trinajstić information content (AvgIpc) is 2.81. The summed E-state index contributed by atoms with van der Waals surface area (Å²) < 4.78 is 5.93. The lowest BCUT2D eigenvalue weighted by Gasteiger charge is -2.30. The minimum absolute atomic E-state index is 0.251. The van der Waals surface area contributed by atoms with Gasteiger partial charge in [-0.05, 0) is 48.2 Å². The van der Waals surface area contributed by atoms with Crippen LogP contribution in [0.5, 0.6) is 0 Å². The van der Waals surface area contributed by atoms with Crippen LogP contribution in [0.4, 0.5) is 0 Å².